The molecule has 37 heavy (non-hydrogen) atoms. The molecule has 8 nitrogen and oxygen atoms in total. The summed E-state index contributed by atoms with van der Waals surface area (Å²) in [5, 5.41) is 23.5. The largest absolute Gasteiger partial charge is 0.492 e. The van der Waals surface area contributed by atoms with Crippen molar-refractivity contribution < 1.29 is 9.53 Å². The van der Waals surface area contributed by atoms with Crippen LogP contribution in [0.1, 0.15) is 52.0 Å². The summed E-state index contributed by atoms with van der Waals surface area (Å²) in [7, 11) is 0. The predicted octanol–water partition coefficient (Wildman–Crippen LogP) is 3.90. The highest BCUT2D eigenvalue weighted by atomic mass is 16.5. The molecular weight excluding hydrogens is 464 g/mol. The summed E-state index contributed by atoms with van der Waals surface area (Å²) in [6, 6.07) is 6.35. The highest BCUT2D eigenvalue weighted by Gasteiger charge is 2.46. The first kappa shape index (κ1) is 26.0. The molecule has 4 rings (SSSR count). The van der Waals surface area contributed by atoms with Gasteiger partial charge in [-0.25, -0.2) is 4.98 Å². The van der Waals surface area contributed by atoms with Crippen LogP contribution >= 0.6 is 0 Å². The lowest BCUT2D eigenvalue weighted by molar-refractivity contribution is -0.118. The summed E-state index contributed by atoms with van der Waals surface area (Å²) in [4.78, 5) is 19.4. The number of pyridine rings is 1. The highest BCUT2D eigenvalue weighted by molar-refractivity contribution is 5.93. The van der Waals surface area contributed by atoms with Crippen molar-refractivity contribution >= 4 is 23.5 Å². The first-order chi connectivity index (χ1) is 17.8. The minimum atomic E-state index is -0.346. The van der Waals surface area contributed by atoms with Crippen molar-refractivity contribution in [2.45, 2.75) is 58.0 Å². The number of hydrogen-bond donors (Lipinski definition) is 3. The van der Waals surface area contributed by atoms with E-state index in [1.807, 2.05) is 31.3 Å². The van der Waals surface area contributed by atoms with Gasteiger partial charge in [0, 0.05) is 47.9 Å². The molecule has 2 bridgehead atoms. The van der Waals surface area contributed by atoms with Gasteiger partial charge in [-0.3, -0.25) is 4.79 Å². The standard InChI is InChI=1S/C29H34N6O2/c1-5-27(36)34-29(19(3)4)10-9-20-11-23(13-29)35(18-20)26-8-7-21(16-32-26)25-12-24(37-6-2)17-33-28(25)22(14-30)15-31/h1,7-8,12,14,16-17,19-20,23,30,33H,6,9-11,13,18H2,2-4H3,(H,34,36)/b28-22+,30-14?. The topological polar surface area (TPSA) is 114 Å². The molecular formula is C29H34N6O2. The molecule has 1 aromatic heterocycles. The molecule has 2 fully saturated rings. The Balaban J connectivity index is 1.62. The van der Waals surface area contributed by atoms with Gasteiger partial charge in [-0.1, -0.05) is 13.8 Å². The number of ether oxygens (including phenoxy) is 1. The van der Waals surface area contributed by atoms with Gasteiger partial charge in [-0.05, 0) is 68.6 Å². The van der Waals surface area contributed by atoms with Gasteiger partial charge in [0.05, 0.1) is 17.9 Å². The predicted molar refractivity (Wildman–Crippen MR) is 144 cm³/mol. The Labute approximate surface area is 219 Å². The number of hydrogen-bond acceptors (Lipinski definition) is 7. The van der Waals surface area contributed by atoms with Crippen molar-refractivity contribution in [2.24, 2.45) is 11.8 Å². The van der Waals surface area contributed by atoms with Crippen LogP contribution < -0.4 is 15.5 Å². The Bertz CT molecular complexity index is 1230. The minimum Gasteiger partial charge on any atom is -0.492 e. The molecule has 3 aliphatic rings. The number of dihydropyridines is 1. The number of terminal acetylenes is 1. The molecule has 1 saturated carbocycles. The van der Waals surface area contributed by atoms with Gasteiger partial charge in [0.2, 0.25) is 0 Å². The Hall–Kier alpha value is -4.04. The second kappa shape index (κ2) is 10.9. The van der Waals surface area contributed by atoms with Gasteiger partial charge in [0.15, 0.2) is 0 Å². The Morgan fingerprint density at radius 2 is 2.30 bits per heavy atom. The van der Waals surface area contributed by atoms with E-state index >= 15 is 0 Å². The highest BCUT2D eigenvalue weighted by Crippen LogP contribution is 2.43. The first-order valence-electron chi connectivity index (χ1n) is 12.8. The molecule has 0 spiro atoms. The fourth-order valence-electron chi connectivity index (χ4n) is 5.78. The summed E-state index contributed by atoms with van der Waals surface area (Å²) >= 11 is 0. The van der Waals surface area contributed by atoms with Gasteiger partial charge < -0.3 is 25.7 Å². The van der Waals surface area contributed by atoms with Crippen LogP contribution in [0.2, 0.25) is 0 Å². The molecule has 192 valence electrons. The maximum absolute atomic E-state index is 12.2. The maximum atomic E-state index is 12.2. The van der Waals surface area contributed by atoms with E-state index in [9.17, 15) is 10.1 Å². The van der Waals surface area contributed by atoms with E-state index in [1.54, 1.807) is 6.20 Å². The normalized spacial score (nSPS) is 26.1. The van der Waals surface area contributed by atoms with Crippen LogP contribution in [0.25, 0.3) is 5.57 Å². The lowest BCUT2D eigenvalue weighted by Crippen LogP contribution is -2.55. The zero-order valence-corrected chi connectivity index (χ0v) is 21.7. The van der Waals surface area contributed by atoms with Crippen molar-refractivity contribution in [3.05, 3.63) is 53.2 Å². The third kappa shape index (κ3) is 5.24. The number of rotatable bonds is 7. The number of aromatic nitrogens is 1. The SMILES string of the molecule is C#CC(=O)NC1(C(C)C)CCC2CC(C1)N(c1ccc(C3=CC(OCC)=CN/C3=C(/C#N)C=N)cn1)C2. The third-order valence-corrected chi connectivity index (χ3v) is 7.81. The molecule has 3 atom stereocenters. The van der Waals surface area contributed by atoms with E-state index in [2.05, 4.69) is 41.4 Å². The van der Waals surface area contributed by atoms with E-state index in [0.717, 1.165) is 55.4 Å². The van der Waals surface area contributed by atoms with E-state index in [1.165, 1.54) is 0 Å². The molecule has 1 aromatic rings. The second-order valence-electron chi connectivity index (χ2n) is 10.2. The molecule has 1 aliphatic carbocycles. The third-order valence-electron chi connectivity index (χ3n) is 7.81. The molecule has 3 unspecified atom stereocenters. The number of carbonyl (C=O) groups excluding carboxylic acids is 1. The molecule has 1 amide bonds. The number of fused-ring (bicyclic) bond motifs is 2. The molecule has 0 aromatic carbocycles. The fraction of sp³-hybridized carbons (Fsp3) is 0.448. The molecule has 1 saturated heterocycles. The Morgan fingerprint density at radius 1 is 1.49 bits per heavy atom. The zero-order valence-electron chi connectivity index (χ0n) is 21.7. The van der Waals surface area contributed by atoms with Crippen molar-refractivity contribution in [1.29, 1.82) is 10.7 Å². The summed E-state index contributed by atoms with van der Waals surface area (Å²) in [5.41, 5.74) is 2.02. The van der Waals surface area contributed by atoms with Crippen LogP contribution in [-0.4, -0.2) is 41.8 Å². The summed E-state index contributed by atoms with van der Waals surface area (Å²) in [6.45, 7) is 7.67. The molecule has 8 heteroatoms. The van der Waals surface area contributed by atoms with E-state index in [-0.39, 0.29) is 29.0 Å². The average Bonchev–Trinajstić information content (AvgIpc) is 3.20. The molecule has 3 N–H and O–H groups in total. The number of allylic oxidation sites excluding steroid dienone is 3. The van der Waals surface area contributed by atoms with Crippen LogP contribution in [0.15, 0.2) is 47.6 Å². The van der Waals surface area contributed by atoms with Crippen LogP contribution in [0, 0.1) is 40.9 Å². The van der Waals surface area contributed by atoms with Gasteiger partial charge in [-0.15, -0.1) is 6.42 Å². The van der Waals surface area contributed by atoms with E-state index in [4.69, 9.17) is 21.6 Å². The van der Waals surface area contributed by atoms with Crippen LogP contribution in [0.5, 0.6) is 0 Å². The maximum Gasteiger partial charge on any atom is 0.296 e. The fourth-order valence-corrected chi connectivity index (χ4v) is 5.78. The summed E-state index contributed by atoms with van der Waals surface area (Å²) in [6.07, 6.45) is 15.7. The number of amides is 1. The van der Waals surface area contributed by atoms with Gasteiger partial charge in [0.25, 0.3) is 5.91 Å². The Morgan fingerprint density at radius 3 is 2.92 bits per heavy atom. The minimum absolute atomic E-state index is 0.228. The monoisotopic (exact) mass is 498 g/mol. The van der Waals surface area contributed by atoms with E-state index in [0.29, 0.717) is 24.0 Å². The number of carbonyl (C=O) groups is 1. The number of nitriles is 1. The van der Waals surface area contributed by atoms with Crippen molar-refractivity contribution in [3.8, 4) is 18.4 Å². The van der Waals surface area contributed by atoms with Gasteiger partial charge in [0.1, 0.15) is 17.6 Å². The van der Waals surface area contributed by atoms with Crippen molar-refractivity contribution in [2.75, 3.05) is 18.1 Å². The number of nitrogens with zero attached hydrogens (tertiary/aromatic N) is 3. The van der Waals surface area contributed by atoms with Crippen LogP contribution in [0.4, 0.5) is 5.82 Å². The van der Waals surface area contributed by atoms with Crippen molar-refractivity contribution in [3.63, 3.8) is 0 Å². The van der Waals surface area contributed by atoms with Crippen LogP contribution in [-0.2, 0) is 9.53 Å². The molecule has 2 aliphatic heterocycles. The van der Waals surface area contributed by atoms with Gasteiger partial charge in [-0.2, -0.15) is 5.26 Å². The summed E-state index contributed by atoms with van der Waals surface area (Å²) < 4.78 is 5.66. The lowest BCUT2D eigenvalue weighted by Gasteiger charge is -2.42. The molecule has 0 radical (unpaired) electrons. The lowest BCUT2D eigenvalue weighted by atomic mass is 9.77. The average molecular weight is 499 g/mol. The van der Waals surface area contributed by atoms with Gasteiger partial charge >= 0.3 is 0 Å². The summed E-state index contributed by atoms with van der Waals surface area (Å²) in [5.74, 6) is 4.22. The van der Waals surface area contributed by atoms with Crippen molar-refractivity contribution in [1.82, 2.24) is 15.6 Å². The number of nitrogens with one attached hydrogen (secondary N) is 3. The Kier molecular flexibility index (Phi) is 7.69. The molecule has 3 heterocycles. The first-order valence-corrected chi connectivity index (χ1v) is 12.8. The quantitative estimate of drug-likeness (QED) is 0.299. The van der Waals surface area contributed by atoms with E-state index < -0.39 is 0 Å². The van der Waals surface area contributed by atoms with Crippen LogP contribution in [0.3, 0.4) is 0 Å². The number of anilines is 1. The smallest absolute Gasteiger partial charge is 0.296 e. The zero-order chi connectivity index (χ0) is 26.6. The second-order valence-corrected chi connectivity index (χ2v) is 10.2.